The number of carbonyl (C=O) groups excluding carboxylic acids is 1. The standard InChI is InChI=1S/C11H9NO2S/c13-9-5-2-1-4-8(9)12-11(14)10-6-3-7-15-10/h1-7,13H,(H,12,14). The Morgan fingerprint density at radius 1 is 1.20 bits per heavy atom. The number of phenols is 1. The largest absolute Gasteiger partial charge is 0.506 e. The maximum absolute atomic E-state index is 11.6. The van der Waals surface area contributed by atoms with Crippen LogP contribution in [0.15, 0.2) is 41.8 Å². The summed E-state index contributed by atoms with van der Waals surface area (Å²) in [5, 5.41) is 13.9. The Morgan fingerprint density at radius 2 is 2.00 bits per heavy atom. The van der Waals surface area contributed by atoms with Crippen LogP contribution >= 0.6 is 11.3 Å². The second-order valence-electron chi connectivity index (χ2n) is 2.95. The van der Waals surface area contributed by atoms with Crippen LogP contribution in [0.4, 0.5) is 5.69 Å². The molecule has 0 aliphatic heterocycles. The van der Waals surface area contributed by atoms with E-state index in [9.17, 15) is 9.90 Å². The summed E-state index contributed by atoms with van der Waals surface area (Å²) in [4.78, 5) is 12.2. The van der Waals surface area contributed by atoms with Crippen molar-refractivity contribution in [2.24, 2.45) is 0 Å². The number of benzene rings is 1. The van der Waals surface area contributed by atoms with Gasteiger partial charge in [-0.25, -0.2) is 0 Å². The van der Waals surface area contributed by atoms with Gasteiger partial charge in [-0.1, -0.05) is 18.2 Å². The molecule has 1 aromatic carbocycles. The third kappa shape index (κ3) is 2.16. The minimum absolute atomic E-state index is 0.0717. The molecule has 15 heavy (non-hydrogen) atoms. The number of rotatable bonds is 2. The van der Waals surface area contributed by atoms with Crippen molar-refractivity contribution >= 4 is 22.9 Å². The van der Waals surface area contributed by atoms with Crippen LogP contribution in [-0.2, 0) is 0 Å². The number of anilines is 1. The first-order valence-electron chi connectivity index (χ1n) is 4.40. The van der Waals surface area contributed by atoms with E-state index in [1.54, 1.807) is 24.3 Å². The molecule has 0 atom stereocenters. The number of amides is 1. The number of phenolic OH excluding ortho intramolecular Hbond substituents is 1. The molecule has 0 fully saturated rings. The molecule has 0 aliphatic carbocycles. The van der Waals surface area contributed by atoms with Crippen molar-refractivity contribution in [3.8, 4) is 5.75 Å². The number of thiophene rings is 1. The summed E-state index contributed by atoms with van der Waals surface area (Å²) in [5.74, 6) is -0.131. The first-order valence-corrected chi connectivity index (χ1v) is 5.28. The Kier molecular flexibility index (Phi) is 2.69. The molecule has 1 heterocycles. The molecular formula is C11H9NO2S. The fourth-order valence-electron chi connectivity index (χ4n) is 1.17. The lowest BCUT2D eigenvalue weighted by atomic mass is 10.3. The van der Waals surface area contributed by atoms with Crippen molar-refractivity contribution in [1.29, 1.82) is 0 Å². The molecule has 2 N–H and O–H groups in total. The Bertz CT molecular complexity index is 465. The van der Waals surface area contributed by atoms with Gasteiger partial charge >= 0.3 is 0 Å². The highest BCUT2D eigenvalue weighted by atomic mass is 32.1. The van der Waals surface area contributed by atoms with Crippen LogP contribution in [0, 0.1) is 0 Å². The summed E-state index contributed by atoms with van der Waals surface area (Å²) in [7, 11) is 0. The van der Waals surface area contributed by atoms with E-state index >= 15 is 0 Å². The minimum atomic E-state index is -0.202. The van der Waals surface area contributed by atoms with Gasteiger partial charge in [0.15, 0.2) is 0 Å². The van der Waals surface area contributed by atoms with Gasteiger partial charge in [-0.05, 0) is 23.6 Å². The summed E-state index contributed by atoms with van der Waals surface area (Å²) in [6.45, 7) is 0. The van der Waals surface area contributed by atoms with Crippen molar-refractivity contribution in [2.45, 2.75) is 0 Å². The third-order valence-electron chi connectivity index (χ3n) is 1.90. The molecule has 2 aromatic rings. The molecule has 4 heteroatoms. The molecular weight excluding hydrogens is 210 g/mol. The first-order chi connectivity index (χ1) is 7.27. The van der Waals surface area contributed by atoms with E-state index in [1.807, 2.05) is 11.4 Å². The Balaban J connectivity index is 2.17. The molecule has 1 amide bonds. The van der Waals surface area contributed by atoms with E-state index < -0.39 is 0 Å². The van der Waals surface area contributed by atoms with Crippen LogP contribution < -0.4 is 5.32 Å². The molecule has 0 bridgehead atoms. The quantitative estimate of drug-likeness (QED) is 0.763. The molecule has 2 rings (SSSR count). The third-order valence-corrected chi connectivity index (χ3v) is 2.77. The Hall–Kier alpha value is -1.81. The van der Waals surface area contributed by atoms with Gasteiger partial charge in [0.25, 0.3) is 5.91 Å². The van der Waals surface area contributed by atoms with Gasteiger partial charge in [-0.15, -0.1) is 11.3 Å². The predicted octanol–water partition coefficient (Wildman–Crippen LogP) is 2.71. The highest BCUT2D eigenvalue weighted by Crippen LogP contribution is 2.22. The van der Waals surface area contributed by atoms with Crippen LogP contribution in [-0.4, -0.2) is 11.0 Å². The summed E-state index contributed by atoms with van der Waals surface area (Å²) >= 11 is 1.36. The van der Waals surface area contributed by atoms with Gasteiger partial charge in [-0.2, -0.15) is 0 Å². The normalized spacial score (nSPS) is 9.87. The second kappa shape index (κ2) is 4.14. The zero-order chi connectivity index (χ0) is 10.7. The van der Waals surface area contributed by atoms with Crippen molar-refractivity contribution in [1.82, 2.24) is 0 Å². The number of hydrogen-bond donors (Lipinski definition) is 2. The van der Waals surface area contributed by atoms with Crippen LogP contribution in [0.1, 0.15) is 9.67 Å². The van der Waals surface area contributed by atoms with Gasteiger partial charge in [0, 0.05) is 0 Å². The van der Waals surface area contributed by atoms with Gasteiger partial charge in [0.1, 0.15) is 5.75 Å². The summed E-state index contributed by atoms with van der Waals surface area (Å²) in [6, 6.07) is 10.2. The number of para-hydroxylation sites is 2. The summed E-state index contributed by atoms with van der Waals surface area (Å²) in [6.07, 6.45) is 0. The molecule has 0 saturated carbocycles. The van der Waals surface area contributed by atoms with Crippen molar-refractivity contribution < 1.29 is 9.90 Å². The monoisotopic (exact) mass is 219 g/mol. The fraction of sp³-hybridized carbons (Fsp3) is 0. The number of carbonyl (C=O) groups is 1. The highest BCUT2D eigenvalue weighted by Gasteiger charge is 2.08. The van der Waals surface area contributed by atoms with Crippen LogP contribution in [0.5, 0.6) is 5.75 Å². The van der Waals surface area contributed by atoms with E-state index in [2.05, 4.69) is 5.32 Å². The van der Waals surface area contributed by atoms with Crippen LogP contribution in [0.3, 0.4) is 0 Å². The molecule has 76 valence electrons. The van der Waals surface area contributed by atoms with Gasteiger partial charge in [-0.3, -0.25) is 4.79 Å². The molecule has 0 aliphatic rings. The fourth-order valence-corrected chi connectivity index (χ4v) is 1.79. The lowest BCUT2D eigenvalue weighted by molar-refractivity contribution is 0.103. The highest BCUT2D eigenvalue weighted by molar-refractivity contribution is 7.12. The van der Waals surface area contributed by atoms with Gasteiger partial charge in [0.2, 0.25) is 0 Å². The maximum Gasteiger partial charge on any atom is 0.265 e. The number of hydrogen-bond acceptors (Lipinski definition) is 3. The van der Waals surface area contributed by atoms with Gasteiger partial charge in [0.05, 0.1) is 10.6 Å². The number of aromatic hydroxyl groups is 1. The molecule has 0 unspecified atom stereocenters. The van der Waals surface area contributed by atoms with Gasteiger partial charge < -0.3 is 10.4 Å². The van der Waals surface area contributed by atoms with Crippen LogP contribution in [0.2, 0.25) is 0 Å². The lowest BCUT2D eigenvalue weighted by Crippen LogP contribution is -2.09. The Labute approximate surface area is 91.0 Å². The zero-order valence-corrected chi connectivity index (χ0v) is 8.62. The smallest absolute Gasteiger partial charge is 0.265 e. The summed E-state index contributed by atoms with van der Waals surface area (Å²) < 4.78 is 0. The number of nitrogens with one attached hydrogen (secondary N) is 1. The summed E-state index contributed by atoms with van der Waals surface area (Å²) in [5.41, 5.74) is 0.427. The topological polar surface area (TPSA) is 49.3 Å². The molecule has 0 spiro atoms. The molecule has 0 saturated heterocycles. The van der Waals surface area contributed by atoms with E-state index in [0.29, 0.717) is 10.6 Å². The lowest BCUT2D eigenvalue weighted by Gasteiger charge is -2.04. The molecule has 3 nitrogen and oxygen atoms in total. The second-order valence-corrected chi connectivity index (χ2v) is 3.90. The van der Waals surface area contributed by atoms with Crippen molar-refractivity contribution in [2.75, 3.05) is 5.32 Å². The average Bonchev–Trinajstić information content (AvgIpc) is 2.74. The average molecular weight is 219 g/mol. The van der Waals surface area contributed by atoms with E-state index in [-0.39, 0.29) is 11.7 Å². The van der Waals surface area contributed by atoms with E-state index in [1.165, 1.54) is 17.4 Å². The van der Waals surface area contributed by atoms with E-state index in [4.69, 9.17) is 0 Å². The minimum Gasteiger partial charge on any atom is -0.506 e. The Morgan fingerprint density at radius 3 is 2.67 bits per heavy atom. The van der Waals surface area contributed by atoms with Crippen LogP contribution in [0.25, 0.3) is 0 Å². The predicted molar refractivity (Wildman–Crippen MR) is 60.4 cm³/mol. The molecule has 1 aromatic heterocycles. The zero-order valence-electron chi connectivity index (χ0n) is 7.81. The van der Waals surface area contributed by atoms with Crippen molar-refractivity contribution in [3.05, 3.63) is 46.7 Å². The maximum atomic E-state index is 11.6. The molecule has 0 radical (unpaired) electrons. The van der Waals surface area contributed by atoms with E-state index in [0.717, 1.165) is 0 Å². The van der Waals surface area contributed by atoms with Crippen molar-refractivity contribution in [3.63, 3.8) is 0 Å². The SMILES string of the molecule is O=C(Nc1ccccc1O)c1cccs1. The first kappa shape index (κ1) is 9.73.